The van der Waals surface area contributed by atoms with Gasteiger partial charge in [0.2, 0.25) is 0 Å². The van der Waals surface area contributed by atoms with Crippen molar-refractivity contribution in [1.82, 2.24) is 0 Å². The van der Waals surface area contributed by atoms with E-state index in [9.17, 15) is 18.3 Å². The quantitative estimate of drug-likeness (QED) is 0.517. The molecule has 1 heterocycles. The molecule has 0 aromatic carbocycles. The zero-order valence-electron chi connectivity index (χ0n) is 10.1. The first-order valence-electron chi connectivity index (χ1n) is 5.56. The van der Waals surface area contributed by atoms with Gasteiger partial charge in [-0.2, -0.15) is 8.42 Å². The molecule has 0 aromatic heterocycles. The Labute approximate surface area is 110 Å². The summed E-state index contributed by atoms with van der Waals surface area (Å²) in [6.45, 7) is 1.44. The third-order valence-corrected chi connectivity index (χ3v) is 2.95. The molecule has 1 saturated heterocycles. The molecule has 9 nitrogen and oxygen atoms in total. The van der Waals surface area contributed by atoms with Crippen molar-refractivity contribution < 1.29 is 41.6 Å². The van der Waals surface area contributed by atoms with E-state index in [1.54, 1.807) is 6.92 Å². The summed E-state index contributed by atoms with van der Waals surface area (Å²) in [6, 6.07) is 0. The third-order valence-electron chi connectivity index (χ3n) is 2.46. The summed E-state index contributed by atoms with van der Waals surface area (Å²) in [6.07, 6.45) is -5.11. The summed E-state index contributed by atoms with van der Waals surface area (Å²) >= 11 is 0. The standard InChI is InChI=1S/C9H16O9S/c1-2-3-16-7-6(10)5(18-19(13,14)15)4-17-8(7)9(11)12/h5-8,10H,2-4H2,1H3,(H,11,12)(H,13,14,15)/t5?,6-,7-,8?/m0/s1. The topological polar surface area (TPSA) is 140 Å². The van der Waals surface area contributed by atoms with Gasteiger partial charge in [-0.25, -0.2) is 8.98 Å². The number of aliphatic hydroxyl groups excluding tert-OH is 1. The van der Waals surface area contributed by atoms with E-state index in [0.717, 1.165) is 0 Å². The first-order chi connectivity index (χ1) is 8.76. The summed E-state index contributed by atoms with van der Waals surface area (Å²) in [5, 5.41) is 18.8. The Kier molecular flexibility index (Phi) is 5.64. The highest BCUT2D eigenvalue weighted by molar-refractivity contribution is 7.80. The number of rotatable bonds is 6. The molecular weight excluding hydrogens is 284 g/mol. The van der Waals surface area contributed by atoms with Gasteiger partial charge in [0.15, 0.2) is 6.10 Å². The SMILES string of the molecule is CCCO[C@@H]1C(C(=O)O)OCC(OS(=O)(=O)O)[C@@H]1O. The first kappa shape index (κ1) is 16.3. The molecule has 0 spiro atoms. The van der Waals surface area contributed by atoms with Gasteiger partial charge in [-0.1, -0.05) is 6.92 Å². The minimum Gasteiger partial charge on any atom is -0.479 e. The van der Waals surface area contributed by atoms with E-state index in [0.29, 0.717) is 6.42 Å². The molecule has 0 bridgehead atoms. The number of hydrogen-bond acceptors (Lipinski definition) is 7. The number of aliphatic hydroxyl groups is 1. The highest BCUT2D eigenvalue weighted by Gasteiger charge is 2.45. The van der Waals surface area contributed by atoms with Crippen LogP contribution in [0.25, 0.3) is 0 Å². The van der Waals surface area contributed by atoms with Crippen LogP contribution in [0, 0.1) is 0 Å². The van der Waals surface area contributed by atoms with E-state index < -0.39 is 47.4 Å². The Morgan fingerprint density at radius 1 is 1.47 bits per heavy atom. The van der Waals surface area contributed by atoms with Gasteiger partial charge in [0.1, 0.15) is 18.3 Å². The van der Waals surface area contributed by atoms with Gasteiger partial charge in [-0.15, -0.1) is 0 Å². The Morgan fingerprint density at radius 3 is 2.58 bits per heavy atom. The predicted octanol–water partition coefficient (Wildman–Crippen LogP) is -1.19. The van der Waals surface area contributed by atoms with Crippen LogP contribution in [0.2, 0.25) is 0 Å². The van der Waals surface area contributed by atoms with E-state index in [2.05, 4.69) is 4.18 Å². The predicted molar refractivity (Wildman–Crippen MR) is 59.8 cm³/mol. The maximum Gasteiger partial charge on any atom is 0.397 e. The van der Waals surface area contributed by atoms with E-state index in [1.807, 2.05) is 0 Å². The molecule has 0 aliphatic carbocycles. The van der Waals surface area contributed by atoms with Crippen LogP contribution in [0.15, 0.2) is 0 Å². The fourth-order valence-electron chi connectivity index (χ4n) is 1.68. The molecule has 4 atom stereocenters. The molecule has 0 saturated carbocycles. The fraction of sp³-hybridized carbons (Fsp3) is 0.889. The van der Waals surface area contributed by atoms with Crippen molar-refractivity contribution >= 4 is 16.4 Å². The number of ether oxygens (including phenoxy) is 2. The summed E-state index contributed by atoms with van der Waals surface area (Å²) in [7, 11) is -4.78. The minimum atomic E-state index is -4.78. The molecule has 2 unspecified atom stereocenters. The van der Waals surface area contributed by atoms with Crippen molar-refractivity contribution in [3.8, 4) is 0 Å². The molecule has 1 aliphatic heterocycles. The minimum absolute atomic E-state index is 0.160. The highest BCUT2D eigenvalue weighted by Crippen LogP contribution is 2.22. The Balaban J connectivity index is 2.81. The average molecular weight is 300 g/mol. The number of carbonyl (C=O) groups is 1. The lowest BCUT2D eigenvalue weighted by Gasteiger charge is -2.37. The van der Waals surface area contributed by atoms with E-state index in [4.69, 9.17) is 19.1 Å². The van der Waals surface area contributed by atoms with Gasteiger partial charge in [-0.05, 0) is 6.42 Å². The Hall–Kier alpha value is -0.780. The van der Waals surface area contributed by atoms with Crippen molar-refractivity contribution in [2.24, 2.45) is 0 Å². The van der Waals surface area contributed by atoms with Crippen LogP contribution in [0.1, 0.15) is 13.3 Å². The molecule has 112 valence electrons. The van der Waals surface area contributed by atoms with E-state index in [-0.39, 0.29) is 6.61 Å². The van der Waals surface area contributed by atoms with Crippen LogP contribution in [0.3, 0.4) is 0 Å². The molecule has 0 radical (unpaired) electrons. The summed E-state index contributed by atoms with van der Waals surface area (Å²) in [5.74, 6) is -1.34. The van der Waals surface area contributed by atoms with Gasteiger partial charge in [0.05, 0.1) is 6.61 Å². The largest absolute Gasteiger partial charge is 0.479 e. The zero-order valence-corrected chi connectivity index (χ0v) is 10.9. The van der Waals surface area contributed by atoms with E-state index in [1.165, 1.54) is 0 Å². The Bertz CT molecular complexity index is 406. The molecule has 3 N–H and O–H groups in total. The first-order valence-corrected chi connectivity index (χ1v) is 6.92. The molecule has 1 aliphatic rings. The lowest BCUT2D eigenvalue weighted by atomic mass is 10.00. The van der Waals surface area contributed by atoms with Crippen LogP contribution >= 0.6 is 0 Å². The maximum atomic E-state index is 10.9. The molecule has 0 aromatic rings. The van der Waals surface area contributed by atoms with Gasteiger partial charge in [-0.3, -0.25) is 4.55 Å². The van der Waals surface area contributed by atoms with Crippen LogP contribution in [-0.2, 0) is 28.9 Å². The van der Waals surface area contributed by atoms with E-state index >= 15 is 0 Å². The third kappa shape index (κ3) is 4.67. The van der Waals surface area contributed by atoms with Crippen LogP contribution < -0.4 is 0 Å². The highest BCUT2D eigenvalue weighted by atomic mass is 32.3. The summed E-state index contributed by atoms with van der Waals surface area (Å²) < 4.78 is 44.0. The zero-order chi connectivity index (χ0) is 14.6. The van der Waals surface area contributed by atoms with Crippen molar-refractivity contribution in [3.63, 3.8) is 0 Å². The molecular formula is C9H16O9S. The smallest absolute Gasteiger partial charge is 0.397 e. The van der Waals surface area contributed by atoms with Gasteiger partial charge < -0.3 is 19.7 Å². The lowest BCUT2D eigenvalue weighted by Crippen LogP contribution is -2.57. The molecule has 1 fully saturated rings. The number of carboxylic acid groups (broad SMARTS) is 1. The monoisotopic (exact) mass is 300 g/mol. The van der Waals surface area contributed by atoms with Crippen LogP contribution in [-0.4, -0.2) is 66.8 Å². The maximum absolute atomic E-state index is 10.9. The number of hydrogen-bond donors (Lipinski definition) is 3. The second-order valence-electron chi connectivity index (χ2n) is 3.98. The molecule has 1 rings (SSSR count). The van der Waals surface area contributed by atoms with Crippen LogP contribution in [0.5, 0.6) is 0 Å². The van der Waals surface area contributed by atoms with Crippen molar-refractivity contribution in [3.05, 3.63) is 0 Å². The normalized spacial score (nSPS) is 32.2. The summed E-state index contributed by atoms with van der Waals surface area (Å²) in [4.78, 5) is 10.9. The van der Waals surface area contributed by atoms with Gasteiger partial charge in [0, 0.05) is 6.61 Å². The average Bonchev–Trinajstić information content (AvgIpc) is 2.28. The molecule has 10 heteroatoms. The fourth-order valence-corrected chi connectivity index (χ4v) is 2.16. The van der Waals surface area contributed by atoms with Crippen LogP contribution in [0.4, 0.5) is 0 Å². The van der Waals surface area contributed by atoms with Crippen molar-refractivity contribution in [2.45, 2.75) is 37.8 Å². The van der Waals surface area contributed by atoms with Gasteiger partial charge in [0.25, 0.3) is 0 Å². The molecule has 19 heavy (non-hydrogen) atoms. The summed E-state index contributed by atoms with van der Waals surface area (Å²) in [5.41, 5.74) is 0. The second kappa shape index (κ2) is 6.59. The Morgan fingerprint density at radius 2 is 2.11 bits per heavy atom. The van der Waals surface area contributed by atoms with Crippen molar-refractivity contribution in [1.29, 1.82) is 0 Å². The number of aliphatic carboxylic acids is 1. The van der Waals surface area contributed by atoms with Crippen molar-refractivity contribution in [2.75, 3.05) is 13.2 Å². The lowest BCUT2D eigenvalue weighted by molar-refractivity contribution is -0.209. The second-order valence-corrected chi connectivity index (χ2v) is 5.03. The molecule has 0 amide bonds. The number of carboxylic acids is 1. The van der Waals surface area contributed by atoms with Gasteiger partial charge >= 0.3 is 16.4 Å².